The minimum Gasteiger partial charge on any atom is -0.484 e. The van der Waals surface area contributed by atoms with E-state index in [1.165, 1.54) is 35.4 Å². The SMILES string of the molecule is O=C(COc1ccc([N+](=O)[O-])cc1)N[C@@H]1CCCc2ccccc21. The maximum Gasteiger partial charge on any atom is 0.269 e. The van der Waals surface area contributed by atoms with Crippen LogP contribution in [0.1, 0.15) is 30.0 Å². The Labute approximate surface area is 139 Å². The molecule has 0 aromatic heterocycles. The van der Waals surface area contributed by atoms with E-state index in [-0.39, 0.29) is 24.2 Å². The van der Waals surface area contributed by atoms with Crippen molar-refractivity contribution >= 4 is 11.6 Å². The molecule has 1 N–H and O–H groups in total. The Morgan fingerprint density at radius 3 is 2.71 bits per heavy atom. The van der Waals surface area contributed by atoms with Gasteiger partial charge in [-0.1, -0.05) is 24.3 Å². The van der Waals surface area contributed by atoms with Crippen LogP contribution in [0.5, 0.6) is 5.75 Å². The van der Waals surface area contributed by atoms with Crippen molar-refractivity contribution < 1.29 is 14.5 Å². The van der Waals surface area contributed by atoms with Gasteiger partial charge >= 0.3 is 0 Å². The molecule has 0 radical (unpaired) electrons. The first-order chi connectivity index (χ1) is 11.6. The molecule has 2 aromatic carbocycles. The van der Waals surface area contributed by atoms with Crippen molar-refractivity contribution in [1.29, 1.82) is 0 Å². The molecule has 0 unspecified atom stereocenters. The fourth-order valence-electron chi connectivity index (χ4n) is 2.95. The van der Waals surface area contributed by atoms with Crippen LogP contribution in [0.15, 0.2) is 48.5 Å². The van der Waals surface area contributed by atoms with E-state index in [1.54, 1.807) is 0 Å². The molecular formula is C18H18N2O4. The molecule has 0 saturated carbocycles. The van der Waals surface area contributed by atoms with Gasteiger partial charge in [0.05, 0.1) is 11.0 Å². The summed E-state index contributed by atoms with van der Waals surface area (Å²) in [5.74, 6) is 0.231. The lowest BCUT2D eigenvalue weighted by Gasteiger charge is -2.26. The molecule has 0 saturated heterocycles. The van der Waals surface area contributed by atoms with Gasteiger partial charge in [0.15, 0.2) is 6.61 Å². The van der Waals surface area contributed by atoms with Gasteiger partial charge in [0.2, 0.25) is 0 Å². The van der Waals surface area contributed by atoms with Gasteiger partial charge in [-0.15, -0.1) is 0 Å². The molecular weight excluding hydrogens is 308 g/mol. The molecule has 24 heavy (non-hydrogen) atoms. The molecule has 1 aliphatic rings. The van der Waals surface area contributed by atoms with Crippen LogP contribution in [-0.4, -0.2) is 17.4 Å². The molecule has 1 aliphatic carbocycles. The Bertz CT molecular complexity index is 743. The van der Waals surface area contributed by atoms with Crippen molar-refractivity contribution in [2.45, 2.75) is 25.3 Å². The van der Waals surface area contributed by atoms with E-state index in [1.807, 2.05) is 12.1 Å². The lowest BCUT2D eigenvalue weighted by Crippen LogP contribution is -2.34. The molecule has 0 aliphatic heterocycles. The fourth-order valence-corrected chi connectivity index (χ4v) is 2.95. The Morgan fingerprint density at radius 1 is 1.21 bits per heavy atom. The summed E-state index contributed by atoms with van der Waals surface area (Å²) in [6.07, 6.45) is 3.01. The first-order valence-electron chi connectivity index (χ1n) is 7.88. The molecule has 0 heterocycles. The topological polar surface area (TPSA) is 81.5 Å². The number of nitro benzene ring substituents is 1. The smallest absolute Gasteiger partial charge is 0.269 e. The van der Waals surface area contributed by atoms with Gasteiger partial charge in [-0.2, -0.15) is 0 Å². The normalized spacial score (nSPS) is 16.1. The first-order valence-corrected chi connectivity index (χ1v) is 7.88. The van der Waals surface area contributed by atoms with E-state index < -0.39 is 4.92 Å². The third-order valence-corrected chi connectivity index (χ3v) is 4.12. The largest absolute Gasteiger partial charge is 0.484 e. The highest BCUT2D eigenvalue weighted by Crippen LogP contribution is 2.29. The van der Waals surface area contributed by atoms with Gasteiger partial charge in [-0.25, -0.2) is 0 Å². The van der Waals surface area contributed by atoms with Crippen LogP contribution in [0.2, 0.25) is 0 Å². The van der Waals surface area contributed by atoms with E-state index in [9.17, 15) is 14.9 Å². The van der Waals surface area contributed by atoms with Gasteiger partial charge in [0, 0.05) is 12.1 Å². The Morgan fingerprint density at radius 2 is 1.96 bits per heavy atom. The monoisotopic (exact) mass is 326 g/mol. The van der Waals surface area contributed by atoms with Crippen LogP contribution >= 0.6 is 0 Å². The van der Waals surface area contributed by atoms with E-state index in [0.717, 1.165) is 19.3 Å². The number of nitro groups is 1. The summed E-state index contributed by atoms with van der Waals surface area (Å²) in [6, 6.07) is 13.8. The summed E-state index contributed by atoms with van der Waals surface area (Å²) in [5, 5.41) is 13.6. The molecule has 124 valence electrons. The van der Waals surface area contributed by atoms with E-state index >= 15 is 0 Å². The van der Waals surface area contributed by atoms with Gasteiger partial charge in [0.25, 0.3) is 11.6 Å². The second kappa shape index (κ2) is 7.12. The number of fused-ring (bicyclic) bond motifs is 1. The number of non-ortho nitro benzene ring substituents is 1. The van der Waals surface area contributed by atoms with Gasteiger partial charge in [-0.05, 0) is 42.5 Å². The van der Waals surface area contributed by atoms with E-state index in [2.05, 4.69) is 17.4 Å². The molecule has 0 bridgehead atoms. The van der Waals surface area contributed by atoms with E-state index in [4.69, 9.17) is 4.74 Å². The highest BCUT2D eigenvalue weighted by Gasteiger charge is 2.21. The fraction of sp³-hybridized carbons (Fsp3) is 0.278. The predicted molar refractivity (Wildman–Crippen MR) is 88.9 cm³/mol. The zero-order valence-electron chi connectivity index (χ0n) is 13.1. The molecule has 6 nitrogen and oxygen atoms in total. The highest BCUT2D eigenvalue weighted by atomic mass is 16.6. The van der Waals surface area contributed by atoms with Crippen molar-refractivity contribution in [3.05, 3.63) is 69.8 Å². The number of aryl methyl sites for hydroxylation is 1. The second-order valence-corrected chi connectivity index (χ2v) is 5.75. The summed E-state index contributed by atoms with van der Waals surface area (Å²) in [4.78, 5) is 22.3. The number of hydrogen-bond acceptors (Lipinski definition) is 4. The zero-order valence-corrected chi connectivity index (χ0v) is 13.1. The van der Waals surface area contributed by atoms with Gasteiger partial charge in [0.1, 0.15) is 5.75 Å². The minimum atomic E-state index is -0.475. The molecule has 0 spiro atoms. The second-order valence-electron chi connectivity index (χ2n) is 5.75. The molecule has 6 heteroatoms. The van der Waals surface area contributed by atoms with Crippen LogP contribution in [0, 0.1) is 10.1 Å². The van der Waals surface area contributed by atoms with Crippen LogP contribution in [0.4, 0.5) is 5.69 Å². The summed E-state index contributed by atoms with van der Waals surface area (Å²) in [6.45, 7) is -0.115. The lowest BCUT2D eigenvalue weighted by atomic mass is 9.88. The molecule has 1 amide bonds. The number of nitrogens with one attached hydrogen (secondary N) is 1. The number of hydrogen-bond donors (Lipinski definition) is 1. The maximum absolute atomic E-state index is 12.1. The van der Waals surface area contributed by atoms with Gasteiger partial charge < -0.3 is 10.1 Å². The average Bonchev–Trinajstić information content (AvgIpc) is 2.61. The van der Waals surface area contributed by atoms with E-state index in [0.29, 0.717) is 5.75 Å². The third-order valence-electron chi connectivity index (χ3n) is 4.12. The summed E-state index contributed by atoms with van der Waals surface area (Å²) in [5.41, 5.74) is 2.45. The number of rotatable bonds is 5. The van der Waals surface area contributed by atoms with Crippen molar-refractivity contribution in [3.8, 4) is 5.75 Å². The number of carbonyl (C=O) groups is 1. The minimum absolute atomic E-state index is 0.00869. The maximum atomic E-state index is 12.1. The van der Waals surface area contributed by atoms with Crippen LogP contribution in [0.3, 0.4) is 0 Å². The van der Waals surface area contributed by atoms with Crippen molar-refractivity contribution in [2.24, 2.45) is 0 Å². The molecule has 1 atom stereocenters. The zero-order chi connectivity index (χ0) is 16.9. The number of benzene rings is 2. The quantitative estimate of drug-likeness (QED) is 0.676. The Kier molecular flexibility index (Phi) is 4.74. The lowest BCUT2D eigenvalue weighted by molar-refractivity contribution is -0.384. The van der Waals surface area contributed by atoms with Crippen LogP contribution < -0.4 is 10.1 Å². The van der Waals surface area contributed by atoms with Crippen molar-refractivity contribution in [3.63, 3.8) is 0 Å². The number of amides is 1. The molecule has 2 aromatic rings. The standard InChI is InChI=1S/C18H18N2O4/c21-18(12-24-15-10-8-14(9-11-15)20(22)23)19-17-7-3-5-13-4-1-2-6-16(13)17/h1-2,4,6,8-11,17H,3,5,7,12H2,(H,19,21)/t17-/m1/s1. The third kappa shape index (κ3) is 3.71. The molecule has 0 fully saturated rings. The Balaban J connectivity index is 1.56. The number of nitrogens with zero attached hydrogens (tertiary/aromatic N) is 1. The van der Waals surface area contributed by atoms with Crippen molar-refractivity contribution in [1.82, 2.24) is 5.32 Å². The highest BCUT2D eigenvalue weighted by molar-refractivity contribution is 5.78. The predicted octanol–water partition coefficient (Wildman–Crippen LogP) is 3.17. The summed E-state index contributed by atoms with van der Waals surface area (Å²) < 4.78 is 5.40. The summed E-state index contributed by atoms with van der Waals surface area (Å²) >= 11 is 0. The van der Waals surface area contributed by atoms with Crippen LogP contribution in [0.25, 0.3) is 0 Å². The van der Waals surface area contributed by atoms with Gasteiger partial charge in [-0.3, -0.25) is 14.9 Å². The number of ether oxygens (including phenoxy) is 1. The van der Waals surface area contributed by atoms with Crippen LogP contribution in [-0.2, 0) is 11.2 Å². The number of carbonyl (C=O) groups excluding carboxylic acids is 1. The van der Waals surface area contributed by atoms with Crippen molar-refractivity contribution in [2.75, 3.05) is 6.61 Å². The first kappa shape index (κ1) is 16.0. The Hall–Kier alpha value is -2.89. The summed E-state index contributed by atoms with van der Waals surface area (Å²) in [7, 11) is 0. The average molecular weight is 326 g/mol. The molecule has 3 rings (SSSR count).